The van der Waals surface area contributed by atoms with E-state index in [4.69, 9.17) is 11.6 Å². The van der Waals surface area contributed by atoms with Crippen molar-refractivity contribution in [2.75, 3.05) is 5.32 Å². The van der Waals surface area contributed by atoms with Crippen molar-refractivity contribution < 1.29 is 8.78 Å². The smallest absolute Gasteiger partial charge is 0.288 e. The van der Waals surface area contributed by atoms with E-state index in [-0.39, 0.29) is 0 Å². The summed E-state index contributed by atoms with van der Waals surface area (Å²) in [5.41, 5.74) is 1.62. The zero-order valence-electron chi connectivity index (χ0n) is 9.95. The van der Waals surface area contributed by atoms with Crippen LogP contribution in [-0.4, -0.2) is 5.76 Å². The van der Waals surface area contributed by atoms with Crippen LogP contribution < -0.4 is 5.32 Å². The molecule has 100 valence electrons. The number of anilines is 1. The van der Waals surface area contributed by atoms with Crippen molar-refractivity contribution in [3.63, 3.8) is 0 Å². The minimum atomic E-state index is -2.43. The molecular weight excluding hydrogens is 288 g/mol. The lowest BCUT2D eigenvalue weighted by molar-refractivity contribution is 0.252. The van der Waals surface area contributed by atoms with Crippen LogP contribution in [0.25, 0.3) is 0 Å². The fourth-order valence-electron chi connectivity index (χ4n) is 1.64. The summed E-state index contributed by atoms with van der Waals surface area (Å²) in [6, 6.07) is 14.5. The van der Waals surface area contributed by atoms with Gasteiger partial charge in [-0.05, 0) is 23.8 Å². The molecular formula is C14H12ClF2NS. The summed E-state index contributed by atoms with van der Waals surface area (Å²) in [4.78, 5) is 0.532. The normalized spacial score (nSPS) is 10.7. The summed E-state index contributed by atoms with van der Waals surface area (Å²) in [5.74, 6) is -2.43. The highest BCUT2D eigenvalue weighted by atomic mass is 35.5. The van der Waals surface area contributed by atoms with E-state index in [1.807, 2.05) is 24.3 Å². The first-order chi connectivity index (χ1) is 9.16. The van der Waals surface area contributed by atoms with Gasteiger partial charge in [-0.1, -0.05) is 53.7 Å². The first-order valence-corrected chi connectivity index (χ1v) is 6.93. The van der Waals surface area contributed by atoms with E-state index >= 15 is 0 Å². The minimum Gasteiger partial charge on any atom is -0.380 e. The van der Waals surface area contributed by atoms with Crippen molar-refractivity contribution >= 4 is 29.1 Å². The Morgan fingerprint density at radius 3 is 2.47 bits per heavy atom. The molecule has 2 aromatic rings. The zero-order valence-corrected chi connectivity index (χ0v) is 11.5. The second-order valence-electron chi connectivity index (χ2n) is 3.82. The van der Waals surface area contributed by atoms with Gasteiger partial charge in [0.15, 0.2) is 0 Å². The molecule has 0 amide bonds. The van der Waals surface area contributed by atoms with Gasteiger partial charge >= 0.3 is 0 Å². The lowest BCUT2D eigenvalue weighted by atomic mass is 10.2. The molecule has 0 heterocycles. The third-order valence-corrected chi connectivity index (χ3v) is 3.69. The number of benzene rings is 2. The van der Waals surface area contributed by atoms with Crippen LogP contribution in [0.1, 0.15) is 5.56 Å². The summed E-state index contributed by atoms with van der Waals surface area (Å²) >= 11 is 6.58. The Labute approximate surface area is 120 Å². The number of nitrogens with one attached hydrogen (secondary N) is 1. The van der Waals surface area contributed by atoms with Gasteiger partial charge < -0.3 is 5.32 Å². The largest absolute Gasteiger partial charge is 0.380 e. The van der Waals surface area contributed by atoms with Crippen LogP contribution in [0.5, 0.6) is 0 Å². The van der Waals surface area contributed by atoms with Crippen molar-refractivity contribution in [2.45, 2.75) is 17.2 Å². The molecule has 2 aromatic carbocycles. The van der Waals surface area contributed by atoms with E-state index in [1.165, 1.54) is 0 Å². The Balaban J connectivity index is 2.09. The van der Waals surface area contributed by atoms with E-state index in [0.717, 1.165) is 5.56 Å². The molecule has 0 radical (unpaired) electrons. The van der Waals surface area contributed by atoms with Crippen LogP contribution in [0.4, 0.5) is 14.5 Å². The average molecular weight is 300 g/mol. The summed E-state index contributed by atoms with van der Waals surface area (Å²) in [5, 5.41) is 3.80. The monoisotopic (exact) mass is 299 g/mol. The quantitative estimate of drug-likeness (QED) is 0.755. The fourth-order valence-corrected chi connectivity index (χ4v) is 2.46. The topological polar surface area (TPSA) is 12.0 Å². The summed E-state index contributed by atoms with van der Waals surface area (Å²) < 4.78 is 24.9. The van der Waals surface area contributed by atoms with Crippen LogP contribution in [0.15, 0.2) is 53.4 Å². The first-order valence-electron chi connectivity index (χ1n) is 5.68. The van der Waals surface area contributed by atoms with Crippen LogP contribution in [-0.2, 0) is 6.54 Å². The average Bonchev–Trinajstić information content (AvgIpc) is 2.39. The van der Waals surface area contributed by atoms with E-state index in [0.29, 0.717) is 33.9 Å². The van der Waals surface area contributed by atoms with Crippen LogP contribution in [0.2, 0.25) is 5.02 Å². The van der Waals surface area contributed by atoms with Crippen molar-refractivity contribution in [3.05, 3.63) is 59.1 Å². The predicted molar refractivity (Wildman–Crippen MR) is 77.1 cm³/mol. The van der Waals surface area contributed by atoms with Gasteiger partial charge in [0.05, 0.1) is 0 Å². The van der Waals surface area contributed by atoms with Gasteiger partial charge in [0.25, 0.3) is 5.76 Å². The summed E-state index contributed by atoms with van der Waals surface area (Å²) in [7, 11) is 0. The standard InChI is InChI=1S/C14H12ClF2NS/c15-11-6-2-1-5-10(11)9-18-12-7-3-4-8-13(12)19-14(16)17/h1-8,14,18H,9H2. The number of hydrogen-bond acceptors (Lipinski definition) is 2. The van der Waals surface area contributed by atoms with Crippen LogP contribution in [0.3, 0.4) is 0 Å². The summed E-state index contributed by atoms with van der Waals surface area (Å²) in [6.07, 6.45) is 0. The molecule has 0 saturated carbocycles. The number of halogens is 3. The molecule has 0 aromatic heterocycles. The predicted octanol–water partition coefficient (Wildman–Crippen LogP) is 5.27. The highest BCUT2D eigenvalue weighted by molar-refractivity contribution is 7.99. The highest BCUT2D eigenvalue weighted by Gasteiger charge is 2.09. The maximum absolute atomic E-state index is 12.4. The Bertz CT molecular complexity index is 548. The van der Waals surface area contributed by atoms with E-state index < -0.39 is 5.76 Å². The minimum absolute atomic E-state index is 0.500. The molecule has 0 fully saturated rings. The molecule has 0 unspecified atom stereocenters. The maximum atomic E-state index is 12.4. The fraction of sp³-hybridized carbons (Fsp3) is 0.143. The zero-order chi connectivity index (χ0) is 13.7. The number of alkyl halides is 2. The van der Waals surface area contributed by atoms with Crippen molar-refractivity contribution in [1.82, 2.24) is 0 Å². The summed E-state index contributed by atoms with van der Waals surface area (Å²) in [6.45, 7) is 0.500. The molecule has 0 aliphatic carbocycles. The van der Waals surface area contributed by atoms with Crippen LogP contribution >= 0.6 is 23.4 Å². The van der Waals surface area contributed by atoms with Crippen molar-refractivity contribution in [3.8, 4) is 0 Å². The van der Waals surface area contributed by atoms with Gasteiger partial charge in [-0.25, -0.2) is 0 Å². The third kappa shape index (κ3) is 4.11. The number of rotatable bonds is 5. The Morgan fingerprint density at radius 2 is 1.74 bits per heavy atom. The molecule has 2 rings (SSSR count). The molecule has 0 saturated heterocycles. The number of thioether (sulfide) groups is 1. The lowest BCUT2D eigenvalue weighted by Crippen LogP contribution is -2.01. The molecule has 0 aliphatic heterocycles. The highest BCUT2D eigenvalue weighted by Crippen LogP contribution is 2.32. The Morgan fingerprint density at radius 1 is 1.05 bits per heavy atom. The van der Waals surface area contributed by atoms with Gasteiger partial charge in [0, 0.05) is 22.2 Å². The number of hydrogen-bond donors (Lipinski definition) is 1. The van der Waals surface area contributed by atoms with Crippen molar-refractivity contribution in [1.29, 1.82) is 0 Å². The maximum Gasteiger partial charge on any atom is 0.288 e. The van der Waals surface area contributed by atoms with E-state index in [1.54, 1.807) is 24.3 Å². The molecule has 0 bridgehead atoms. The second kappa shape index (κ2) is 6.78. The molecule has 0 aliphatic rings. The van der Waals surface area contributed by atoms with Crippen LogP contribution in [0, 0.1) is 0 Å². The van der Waals surface area contributed by atoms with Crippen molar-refractivity contribution in [2.24, 2.45) is 0 Å². The molecule has 19 heavy (non-hydrogen) atoms. The molecule has 1 N–H and O–H groups in total. The Hall–Kier alpha value is -1.26. The number of para-hydroxylation sites is 1. The molecule has 0 atom stereocenters. The lowest BCUT2D eigenvalue weighted by Gasteiger charge is -2.12. The van der Waals surface area contributed by atoms with Gasteiger partial charge in [-0.3, -0.25) is 0 Å². The SMILES string of the molecule is FC(F)Sc1ccccc1NCc1ccccc1Cl. The van der Waals surface area contributed by atoms with Gasteiger partial charge in [0.1, 0.15) is 0 Å². The molecule has 0 spiro atoms. The third-order valence-electron chi connectivity index (χ3n) is 2.53. The Kier molecular flexibility index (Phi) is 5.05. The van der Waals surface area contributed by atoms with Gasteiger partial charge in [-0.2, -0.15) is 8.78 Å². The van der Waals surface area contributed by atoms with E-state index in [2.05, 4.69) is 5.32 Å². The molecule has 5 heteroatoms. The second-order valence-corrected chi connectivity index (χ2v) is 5.26. The first kappa shape index (κ1) is 14.2. The van der Waals surface area contributed by atoms with E-state index in [9.17, 15) is 8.78 Å². The van der Waals surface area contributed by atoms with Gasteiger partial charge in [0.2, 0.25) is 0 Å². The van der Waals surface area contributed by atoms with Gasteiger partial charge in [-0.15, -0.1) is 0 Å². The molecule has 1 nitrogen and oxygen atoms in total.